The molecule has 3 rings (SSSR count). The number of amides is 1. The summed E-state index contributed by atoms with van der Waals surface area (Å²) < 4.78 is 0. The molecule has 1 amide bonds. The monoisotopic (exact) mass is 304 g/mol. The molecule has 2 unspecified atom stereocenters. The molecule has 0 aromatic carbocycles. The molecule has 0 radical (unpaired) electrons. The number of aromatic nitrogens is 2. The molecule has 1 aliphatic rings. The second-order valence-corrected chi connectivity index (χ2v) is 7.08. The number of nitrogens with zero attached hydrogens (tertiary/aromatic N) is 3. The van der Waals surface area contributed by atoms with Gasteiger partial charge in [-0.05, 0) is 38.7 Å². The van der Waals surface area contributed by atoms with Crippen LogP contribution in [0.2, 0.25) is 0 Å². The number of rotatable bonds is 1. The summed E-state index contributed by atoms with van der Waals surface area (Å²) in [6.45, 7) is 8.96. The lowest BCUT2D eigenvalue weighted by Gasteiger charge is -2.20. The number of hydrogen-bond acceptors (Lipinski definition) is 5. The number of aryl methyl sites for hydroxylation is 2. The second-order valence-electron chi connectivity index (χ2n) is 6.08. The van der Waals surface area contributed by atoms with E-state index in [0.29, 0.717) is 16.5 Å². The predicted octanol–water partition coefficient (Wildman–Crippen LogP) is 2.76. The third-order valence-electron chi connectivity index (χ3n) is 4.37. The van der Waals surface area contributed by atoms with Crippen LogP contribution in [0.4, 0.5) is 5.69 Å². The van der Waals surface area contributed by atoms with Crippen LogP contribution < -0.4 is 5.73 Å². The standard InChI is InChI=1S/C15H20N4OS/c1-7-5-8(2)19(6-7)15(20)13-12(16)11-9(3)10(4)17-18-14(11)21-13/h7-8H,5-6,16H2,1-4H3. The van der Waals surface area contributed by atoms with Crippen LogP contribution in [0.5, 0.6) is 0 Å². The van der Waals surface area contributed by atoms with Gasteiger partial charge < -0.3 is 10.6 Å². The SMILES string of the molecule is Cc1nnc2sc(C(=O)N3CC(C)CC3C)c(N)c2c1C. The highest BCUT2D eigenvalue weighted by Gasteiger charge is 2.33. The number of thiophene rings is 1. The van der Waals surface area contributed by atoms with Crippen molar-refractivity contribution in [2.24, 2.45) is 5.92 Å². The second kappa shape index (κ2) is 4.94. The molecule has 0 bridgehead atoms. The minimum atomic E-state index is 0.0319. The van der Waals surface area contributed by atoms with E-state index in [9.17, 15) is 4.79 Å². The van der Waals surface area contributed by atoms with E-state index in [4.69, 9.17) is 5.73 Å². The van der Waals surface area contributed by atoms with E-state index in [1.807, 2.05) is 18.7 Å². The molecule has 2 N–H and O–H groups in total. The van der Waals surface area contributed by atoms with E-state index in [1.54, 1.807) is 0 Å². The molecule has 1 saturated heterocycles. The smallest absolute Gasteiger partial charge is 0.266 e. The van der Waals surface area contributed by atoms with Crippen molar-refractivity contribution in [3.63, 3.8) is 0 Å². The van der Waals surface area contributed by atoms with Crippen molar-refractivity contribution in [3.8, 4) is 0 Å². The third kappa shape index (κ3) is 2.18. The lowest BCUT2D eigenvalue weighted by Crippen LogP contribution is -2.33. The van der Waals surface area contributed by atoms with Crippen molar-refractivity contribution in [3.05, 3.63) is 16.1 Å². The van der Waals surface area contributed by atoms with Crippen molar-refractivity contribution < 1.29 is 4.79 Å². The highest BCUT2D eigenvalue weighted by molar-refractivity contribution is 7.21. The first-order chi connectivity index (χ1) is 9.90. The van der Waals surface area contributed by atoms with Gasteiger partial charge in [-0.25, -0.2) is 0 Å². The molecular formula is C15H20N4OS. The first-order valence-corrected chi connectivity index (χ1v) is 8.04. The maximum atomic E-state index is 12.8. The number of anilines is 1. The first kappa shape index (κ1) is 14.3. The van der Waals surface area contributed by atoms with Crippen molar-refractivity contribution >= 4 is 33.1 Å². The number of carbonyl (C=O) groups is 1. The van der Waals surface area contributed by atoms with Gasteiger partial charge in [0.05, 0.1) is 11.4 Å². The normalized spacial score (nSPS) is 22.2. The summed E-state index contributed by atoms with van der Waals surface area (Å²) in [5.74, 6) is 0.577. The minimum absolute atomic E-state index is 0.0319. The predicted molar refractivity (Wildman–Crippen MR) is 85.6 cm³/mol. The Morgan fingerprint density at radius 3 is 2.67 bits per heavy atom. The highest BCUT2D eigenvalue weighted by atomic mass is 32.1. The van der Waals surface area contributed by atoms with Crippen LogP contribution in [0.25, 0.3) is 10.2 Å². The Morgan fingerprint density at radius 2 is 2.05 bits per heavy atom. The summed E-state index contributed by atoms with van der Waals surface area (Å²) in [6.07, 6.45) is 1.05. The first-order valence-electron chi connectivity index (χ1n) is 7.23. The van der Waals surface area contributed by atoms with Crippen LogP contribution in [0, 0.1) is 19.8 Å². The molecular weight excluding hydrogens is 284 g/mol. The summed E-state index contributed by atoms with van der Waals surface area (Å²) in [4.78, 5) is 16.1. The molecule has 2 aromatic rings. The van der Waals surface area contributed by atoms with Crippen LogP contribution in [0.3, 0.4) is 0 Å². The van der Waals surface area contributed by atoms with Gasteiger partial charge in [0.25, 0.3) is 5.91 Å². The lowest BCUT2D eigenvalue weighted by atomic mass is 10.1. The van der Waals surface area contributed by atoms with E-state index >= 15 is 0 Å². The number of nitrogen functional groups attached to an aromatic ring is 1. The number of carbonyl (C=O) groups excluding carboxylic acids is 1. The third-order valence-corrected chi connectivity index (χ3v) is 5.45. The summed E-state index contributed by atoms with van der Waals surface area (Å²) in [5, 5.41) is 9.19. The fourth-order valence-electron chi connectivity index (χ4n) is 3.11. The van der Waals surface area contributed by atoms with Crippen LogP contribution in [-0.4, -0.2) is 33.6 Å². The van der Waals surface area contributed by atoms with E-state index in [-0.39, 0.29) is 11.9 Å². The Labute approximate surface area is 128 Å². The van der Waals surface area contributed by atoms with Crippen molar-refractivity contribution in [1.29, 1.82) is 0 Å². The molecule has 1 aliphatic heterocycles. The van der Waals surface area contributed by atoms with Gasteiger partial charge in [0.1, 0.15) is 9.71 Å². The fraction of sp³-hybridized carbons (Fsp3) is 0.533. The van der Waals surface area contributed by atoms with E-state index < -0.39 is 0 Å². The minimum Gasteiger partial charge on any atom is -0.397 e. The molecule has 1 fully saturated rings. The summed E-state index contributed by atoms with van der Waals surface area (Å²) in [6, 6.07) is 0.269. The molecule has 5 nitrogen and oxygen atoms in total. The summed E-state index contributed by atoms with van der Waals surface area (Å²) in [5.41, 5.74) is 8.68. The average molecular weight is 304 g/mol. The van der Waals surface area contributed by atoms with Gasteiger partial charge in [0.15, 0.2) is 0 Å². The largest absolute Gasteiger partial charge is 0.397 e. The highest BCUT2D eigenvalue weighted by Crippen LogP contribution is 2.37. The van der Waals surface area contributed by atoms with Crippen LogP contribution in [0.1, 0.15) is 41.2 Å². The fourth-order valence-corrected chi connectivity index (χ4v) is 4.17. The molecule has 3 heterocycles. The van der Waals surface area contributed by atoms with Crippen LogP contribution in [0.15, 0.2) is 0 Å². The summed E-state index contributed by atoms with van der Waals surface area (Å²) in [7, 11) is 0. The molecule has 112 valence electrons. The average Bonchev–Trinajstić information content (AvgIpc) is 2.94. The van der Waals surface area contributed by atoms with Gasteiger partial charge in [-0.2, -0.15) is 5.10 Å². The Bertz CT molecular complexity index is 724. The van der Waals surface area contributed by atoms with Gasteiger partial charge >= 0.3 is 0 Å². The number of hydrogen-bond donors (Lipinski definition) is 1. The maximum Gasteiger partial charge on any atom is 0.266 e. The van der Waals surface area contributed by atoms with Crippen LogP contribution in [-0.2, 0) is 0 Å². The van der Waals surface area contributed by atoms with Crippen molar-refractivity contribution in [2.75, 3.05) is 12.3 Å². The topological polar surface area (TPSA) is 72.1 Å². The Kier molecular flexibility index (Phi) is 3.36. The molecule has 2 atom stereocenters. The number of nitrogens with two attached hydrogens (primary N) is 1. The van der Waals surface area contributed by atoms with Gasteiger partial charge in [-0.3, -0.25) is 4.79 Å². The zero-order valence-electron chi connectivity index (χ0n) is 12.8. The lowest BCUT2D eigenvalue weighted by molar-refractivity contribution is 0.0749. The zero-order chi connectivity index (χ0) is 15.3. The maximum absolute atomic E-state index is 12.8. The van der Waals surface area contributed by atoms with Gasteiger partial charge in [-0.15, -0.1) is 16.4 Å². The Hall–Kier alpha value is -1.69. The van der Waals surface area contributed by atoms with Gasteiger partial charge in [0.2, 0.25) is 0 Å². The molecule has 6 heteroatoms. The van der Waals surface area contributed by atoms with Gasteiger partial charge in [-0.1, -0.05) is 6.92 Å². The quantitative estimate of drug-likeness (QED) is 0.879. The Morgan fingerprint density at radius 1 is 1.33 bits per heavy atom. The van der Waals surface area contributed by atoms with E-state index in [1.165, 1.54) is 11.3 Å². The number of fused-ring (bicyclic) bond motifs is 1. The van der Waals surface area contributed by atoms with Crippen LogP contribution >= 0.6 is 11.3 Å². The van der Waals surface area contributed by atoms with E-state index in [2.05, 4.69) is 24.0 Å². The number of likely N-dealkylation sites (tertiary alicyclic amines) is 1. The van der Waals surface area contributed by atoms with Crippen molar-refractivity contribution in [1.82, 2.24) is 15.1 Å². The van der Waals surface area contributed by atoms with Gasteiger partial charge in [0, 0.05) is 18.0 Å². The molecule has 0 saturated carbocycles. The molecule has 2 aromatic heterocycles. The Balaban J connectivity index is 2.07. The summed E-state index contributed by atoms with van der Waals surface area (Å²) >= 11 is 1.36. The molecule has 0 aliphatic carbocycles. The van der Waals surface area contributed by atoms with E-state index in [0.717, 1.165) is 34.4 Å². The van der Waals surface area contributed by atoms with Crippen molar-refractivity contribution in [2.45, 2.75) is 40.2 Å². The molecule has 21 heavy (non-hydrogen) atoms. The molecule has 0 spiro atoms. The zero-order valence-corrected chi connectivity index (χ0v) is 13.6.